The number of non-ortho nitro benzene ring substituents is 2. The van der Waals surface area contributed by atoms with Crippen LogP contribution in [0.15, 0.2) is 105 Å². The number of hydrazone groups is 2. The van der Waals surface area contributed by atoms with Crippen molar-refractivity contribution in [1.82, 2.24) is 10.0 Å². The molecule has 0 aromatic heterocycles. The van der Waals surface area contributed by atoms with Gasteiger partial charge >= 0.3 is 0 Å². The number of Topliss-reactive ketones (excluding diaryl/α,β-unsaturated/α-hetero) is 1. The summed E-state index contributed by atoms with van der Waals surface area (Å²) in [7, 11) is 2.98. The second-order valence-corrected chi connectivity index (χ2v) is 8.45. The highest BCUT2D eigenvalue weighted by molar-refractivity contribution is 6.13. The Kier molecular flexibility index (Phi) is 6.23. The van der Waals surface area contributed by atoms with Gasteiger partial charge in [-0.1, -0.05) is 11.5 Å². The molecular formula is C25H16N6O9-2. The van der Waals surface area contributed by atoms with Crippen molar-refractivity contribution in [2.45, 2.75) is 0 Å². The van der Waals surface area contributed by atoms with Crippen molar-refractivity contribution in [2.75, 3.05) is 14.1 Å². The van der Waals surface area contributed by atoms with Crippen LogP contribution >= 0.6 is 0 Å². The SMILES string of the molecule is CN1N=C(c2ccc([N+](=O)[O-])cc2)O/C1=C/C1=C([O-])C(/C=C2/OC(c3ccc([N+](=O)[O-])cc3)=NN2C)=C([O-])C1=O. The molecule has 0 fully saturated rings. The minimum absolute atomic E-state index is 0.0234. The topological polar surface area (TPSA) is 199 Å². The first-order chi connectivity index (χ1) is 19.0. The Bertz CT molecular complexity index is 1650. The highest BCUT2D eigenvalue weighted by Crippen LogP contribution is 2.31. The van der Waals surface area contributed by atoms with Gasteiger partial charge in [0.25, 0.3) is 11.4 Å². The van der Waals surface area contributed by atoms with Crippen molar-refractivity contribution in [3.8, 4) is 0 Å². The molecule has 5 rings (SSSR count). The van der Waals surface area contributed by atoms with E-state index in [1.165, 1.54) is 72.6 Å². The van der Waals surface area contributed by atoms with Crippen molar-refractivity contribution < 1.29 is 34.3 Å². The number of allylic oxidation sites excluding steroid dienone is 3. The third-order valence-electron chi connectivity index (χ3n) is 5.89. The molecule has 3 aliphatic rings. The zero-order chi connectivity index (χ0) is 28.7. The van der Waals surface area contributed by atoms with Gasteiger partial charge in [0.15, 0.2) is 5.78 Å². The summed E-state index contributed by atoms with van der Waals surface area (Å²) in [6.07, 6.45) is 2.18. The molecule has 0 bridgehead atoms. The van der Waals surface area contributed by atoms with Crippen LogP contribution in [-0.2, 0) is 14.3 Å². The maximum absolute atomic E-state index is 13.1. The van der Waals surface area contributed by atoms with Crippen molar-refractivity contribution in [1.29, 1.82) is 0 Å². The average molecular weight is 544 g/mol. The van der Waals surface area contributed by atoms with Crippen LogP contribution in [0.3, 0.4) is 0 Å². The van der Waals surface area contributed by atoms with Gasteiger partial charge in [0.05, 0.1) is 9.85 Å². The molecule has 2 heterocycles. The number of benzene rings is 2. The summed E-state index contributed by atoms with van der Waals surface area (Å²) in [5.41, 5.74) is -0.322. The van der Waals surface area contributed by atoms with E-state index in [1.54, 1.807) is 0 Å². The largest absolute Gasteiger partial charge is 0.872 e. The van der Waals surface area contributed by atoms with Crippen LogP contribution in [0.1, 0.15) is 11.1 Å². The summed E-state index contributed by atoms with van der Waals surface area (Å²) in [6, 6.07) is 10.8. The Morgan fingerprint density at radius 2 is 1.10 bits per heavy atom. The van der Waals surface area contributed by atoms with E-state index in [-0.39, 0.29) is 34.9 Å². The zero-order valence-electron chi connectivity index (χ0n) is 20.6. The molecule has 40 heavy (non-hydrogen) atoms. The second kappa shape index (κ2) is 9.71. The number of carbonyl (C=O) groups excluding carboxylic acids is 1. The predicted molar refractivity (Wildman–Crippen MR) is 132 cm³/mol. The van der Waals surface area contributed by atoms with Gasteiger partial charge in [-0.3, -0.25) is 25.0 Å². The fourth-order valence-electron chi connectivity index (χ4n) is 3.78. The summed E-state index contributed by atoms with van der Waals surface area (Å²) in [5, 5.41) is 58.3. The van der Waals surface area contributed by atoms with Crippen molar-refractivity contribution in [3.05, 3.63) is 126 Å². The number of nitro benzene ring substituents is 2. The lowest BCUT2D eigenvalue weighted by atomic mass is 10.2. The first kappa shape index (κ1) is 25.7. The van der Waals surface area contributed by atoms with Gasteiger partial charge in [0.2, 0.25) is 23.6 Å². The van der Waals surface area contributed by atoms with Gasteiger partial charge in [-0.15, -0.1) is 10.2 Å². The van der Waals surface area contributed by atoms with Crippen LogP contribution in [0.2, 0.25) is 0 Å². The number of hydrogen-bond donors (Lipinski definition) is 0. The summed E-state index contributed by atoms with van der Waals surface area (Å²) < 4.78 is 11.3. The minimum atomic E-state index is -1.05. The van der Waals surface area contributed by atoms with E-state index in [2.05, 4.69) is 10.2 Å². The van der Waals surface area contributed by atoms with E-state index < -0.39 is 38.3 Å². The third-order valence-corrected chi connectivity index (χ3v) is 5.89. The average Bonchev–Trinajstić information content (AvgIpc) is 3.55. The normalized spacial score (nSPS) is 18.9. The molecule has 1 aliphatic carbocycles. The van der Waals surface area contributed by atoms with Crippen molar-refractivity contribution in [3.63, 3.8) is 0 Å². The van der Waals surface area contributed by atoms with E-state index in [0.717, 1.165) is 12.2 Å². The maximum atomic E-state index is 13.1. The molecule has 2 aromatic rings. The van der Waals surface area contributed by atoms with Crippen LogP contribution in [0.4, 0.5) is 11.4 Å². The molecular weight excluding hydrogens is 528 g/mol. The summed E-state index contributed by atoms with van der Waals surface area (Å²) >= 11 is 0. The number of rotatable bonds is 6. The van der Waals surface area contributed by atoms with Gasteiger partial charge < -0.3 is 19.7 Å². The summed E-state index contributed by atoms with van der Waals surface area (Å²) in [6.45, 7) is 0. The van der Waals surface area contributed by atoms with E-state index in [1.807, 2.05) is 0 Å². The Balaban J connectivity index is 1.36. The molecule has 15 nitrogen and oxygen atoms in total. The zero-order valence-corrected chi connectivity index (χ0v) is 20.6. The van der Waals surface area contributed by atoms with Crippen molar-refractivity contribution >= 4 is 29.0 Å². The maximum Gasteiger partial charge on any atom is 0.269 e. The Labute approximate surface area is 224 Å². The number of ketones is 1. The van der Waals surface area contributed by atoms with Gasteiger partial charge in [-0.25, -0.2) is 10.0 Å². The molecule has 15 heteroatoms. The smallest absolute Gasteiger partial charge is 0.269 e. The summed E-state index contributed by atoms with van der Waals surface area (Å²) in [5.74, 6) is -2.89. The first-order valence-electron chi connectivity index (χ1n) is 11.3. The standard InChI is InChI=1S/C25H18N6O9/c1-28-19(39-24(26-28)13-3-7-15(8-4-13)30(35)36)11-17-21(32)18(23(34)22(17)33)12-20-29(2)27-25(40-20)14-5-9-16(10-6-14)31(37)38/h3-12,32H,1-2H3,(H,33,34)/p-2/b19-11+,20-12+. The van der Waals surface area contributed by atoms with Gasteiger partial charge in [0, 0.05) is 67.2 Å². The predicted octanol–water partition coefficient (Wildman–Crippen LogP) is 0.945. The molecule has 202 valence electrons. The van der Waals surface area contributed by atoms with Crippen LogP contribution < -0.4 is 10.2 Å². The lowest BCUT2D eigenvalue weighted by Crippen LogP contribution is -2.15. The molecule has 2 aliphatic heterocycles. The third kappa shape index (κ3) is 4.58. The van der Waals surface area contributed by atoms with Crippen molar-refractivity contribution in [2.24, 2.45) is 10.2 Å². The lowest BCUT2D eigenvalue weighted by Gasteiger charge is -2.15. The first-order valence-corrected chi connectivity index (χ1v) is 11.3. The quantitative estimate of drug-likeness (QED) is 0.370. The fourth-order valence-corrected chi connectivity index (χ4v) is 3.78. The molecule has 0 radical (unpaired) electrons. The van der Waals surface area contributed by atoms with E-state index >= 15 is 0 Å². The molecule has 2 aromatic carbocycles. The number of carbonyl (C=O) groups is 1. The molecule has 0 spiro atoms. The Morgan fingerprint density at radius 1 is 0.700 bits per heavy atom. The Morgan fingerprint density at radius 3 is 1.50 bits per heavy atom. The molecule has 0 saturated heterocycles. The van der Waals surface area contributed by atoms with Gasteiger partial charge in [-0.05, 0) is 29.8 Å². The monoisotopic (exact) mass is 544 g/mol. The molecule has 0 N–H and O–H groups in total. The molecule has 0 amide bonds. The Hall–Kier alpha value is -5.99. The highest BCUT2D eigenvalue weighted by atomic mass is 16.6. The second-order valence-electron chi connectivity index (χ2n) is 8.45. The number of ether oxygens (including phenoxy) is 2. The molecule has 0 unspecified atom stereocenters. The van der Waals surface area contributed by atoms with Crippen LogP contribution in [-0.4, -0.2) is 51.5 Å². The van der Waals surface area contributed by atoms with Gasteiger partial charge in [0.1, 0.15) is 0 Å². The number of nitro groups is 2. The van der Waals surface area contributed by atoms with E-state index in [0.29, 0.717) is 11.1 Å². The minimum Gasteiger partial charge on any atom is -0.872 e. The number of hydrogen-bond acceptors (Lipinski definition) is 13. The number of nitrogens with zero attached hydrogens (tertiary/aromatic N) is 6. The van der Waals surface area contributed by atoms with E-state index in [4.69, 9.17) is 9.47 Å². The van der Waals surface area contributed by atoms with Crippen LogP contribution in [0.5, 0.6) is 0 Å². The van der Waals surface area contributed by atoms with E-state index in [9.17, 15) is 35.2 Å². The van der Waals surface area contributed by atoms with Crippen LogP contribution in [0.25, 0.3) is 0 Å². The van der Waals surface area contributed by atoms with Gasteiger partial charge in [-0.2, -0.15) is 0 Å². The fraction of sp³-hybridized carbons (Fsp3) is 0.0800. The highest BCUT2D eigenvalue weighted by Gasteiger charge is 2.27. The molecule has 0 saturated carbocycles. The lowest BCUT2D eigenvalue weighted by molar-refractivity contribution is -0.385. The van der Waals surface area contributed by atoms with Crippen LogP contribution in [0, 0.1) is 20.2 Å². The summed E-state index contributed by atoms with van der Waals surface area (Å²) in [4.78, 5) is 33.3. The molecule has 0 atom stereocenters.